The van der Waals surface area contributed by atoms with Crippen molar-refractivity contribution in [2.45, 2.75) is 20.4 Å². The Kier molecular flexibility index (Phi) is 3.17. The van der Waals surface area contributed by atoms with Crippen LogP contribution >= 0.6 is 0 Å². The third-order valence-corrected chi connectivity index (χ3v) is 1.73. The first-order chi connectivity index (χ1) is 5.74. The van der Waals surface area contributed by atoms with Gasteiger partial charge < -0.3 is 5.32 Å². The Labute approximate surface area is 71.8 Å². The van der Waals surface area contributed by atoms with Gasteiger partial charge in [-0.05, 0) is 25.1 Å². The average Bonchev–Trinajstić information content (AvgIpc) is 2.03. The van der Waals surface area contributed by atoms with Crippen molar-refractivity contribution in [2.24, 2.45) is 0 Å². The van der Waals surface area contributed by atoms with Gasteiger partial charge >= 0.3 is 0 Å². The van der Waals surface area contributed by atoms with Crippen molar-refractivity contribution in [2.75, 3.05) is 6.54 Å². The molecule has 0 unspecified atom stereocenters. The second-order valence-electron chi connectivity index (χ2n) is 2.66. The number of aromatic nitrogens is 1. The van der Waals surface area contributed by atoms with Gasteiger partial charge in [0.1, 0.15) is 0 Å². The summed E-state index contributed by atoms with van der Waals surface area (Å²) in [6.45, 7) is 5.52. The zero-order valence-electron chi connectivity index (χ0n) is 7.39. The Balaban J connectivity index is 2.72. The van der Waals surface area contributed by atoms with Crippen molar-refractivity contribution in [1.29, 1.82) is 0 Å². The summed E-state index contributed by atoms with van der Waals surface area (Å²) in [4.78, 5) is 3.72. The highest BCUT2D eigenvalue weighted by Gasteiger charge is 1.99. The standard InChI is InChI=1S/C9H13FN2/c1-3-11-6-8-4-5-9(10)12-7(8)2/h4-5,11H,3,6H2,1-2H3. The number of hydrogen-bond donors (Lipinski definition) is 1. The van der Waals surface area contributed by atoms with Crippen LogP contribution in [0.3, 0.4) is 0 Å². The van der Waals surface area contributed by atoms with E-state index in [9.17, 15) is 4.39 Å². The molecule has 0 saturated heterocycles. The van der Waals surface area contributed by atoms with Crippen LogP contribution in [0.1, 0.15) is 18.2 Å². The van der Waals surface area contributed by atoms with Gasteiger partial charge in [0.05, 0.1) is 0 Å². The van der Waals surface area contributed by atoms with E-state index in [2.05, 4.69) is 10.3 Å². The molecule has 0 amide bonds. The lowest BCUT2D eigenvalue weighted by Gasteiger charge is -2.04. The van der Waals surface area contributed by atoms with E-state index < -0.39 is 5.95 Å². The van der Waals surface area contributed by atoms with Gasteiger partial charge in [0.15, 0.2) is 0 Å². The second kappa shape index (κ2) is 4.16. The van der Waals surface area contributed by atoms with Crippen LogP contribution in [0.2, 0.25) is 0 Å². The number of pyridine rings is 1. The highest BCUT2D eigenvalue weighted by molar-refractivity contribution is 5.18. The first-order valence-corrected chi connectivity index (χ1v) is 4.06. The summed E-state index contributed by atoms with van der Waals surface area (Å²) in [7, 11) is 0. The van der Waals surface area contributed by atoms with E-state index in [0.717, 1.165) is 24.3 Å². The van der Waals surface area contributed by atoms with Crippen LogP contribution in [-0.4, -0.2) is 11.5 Å². The van der Waals surface area contributed by atoms with E-state index >= 15 is 0 Å². The van der Waals surface area contributed by atoms with Crippen molar-refractivity contribution >= 4 is 0 Å². The number of rotatable bonds is 3. The van der Waals surface area contributed by atoms with Crippen LogP contribution in [0.25, 0.3) is 0 Å². The molecule has 0 bridgehead atoms. The SMILES string of the molecule is CCNCc1ccc(F)nc1C. The van der Waals surface area contributed by atoms with Crippen LogP contribution in [0.4, 0.5) is 4.39 Å². The van der Waals surface area contributed by atoms with Gasteiger partial charge in [-0.1, -0.05) is 13.0 Å². The van der Waals surface area contributed by atoms with Crippen molar-refractivity contribution in [3.63, 3.8) is 0 Å². The maximum atomic E-state index is 12.5. The van der Waals surface area contributed by atoms with Crippen LogP contribution in [0.5, 0.6) is 0 Å². The number of nitrogens with zero attached hydrogens (tertiary/aromatic N) is 1. The molecule has 1 aromatic rings. The van der Waals surface area contributed by atoms with Crippen LogP contribution < -0.4 is 5.32 Å². The molecular weight excluding hydrogens is 155 g/mol. The quantitative estimate of drug-likeness (QED) is 0.694. The molecule has 0 atom stereocenters. The molecule has 2 nitrogen and oxygen atoms in total. The van der Waals surface area contributed by atoms with E-state index in [-0.39, 0.29) is 0 Å². The Bertz CT molecular complexity index is 261. The molecule has 1 rings (SSSR count). The summed E-state index contributed by atoms with van der Waals surface area (Å²) < 4.78 is 12.5. The van der Waals surface area contributed by atoms with E-state index in [1.165, 1.54) is 6.07 Å². The molecule has 0 aliphatic rings. The third-order valence-electron chi connectivity index (χ3n) is 1.73. The molecule has 0 saturated carbocycles. The lowest BCUT2D eigenvalue weighted by atomic mass is 10.2. The molecule has 3 heteroatoms. The summed E-state index contributed by atoms with van der Waals surface area (Å²) in [6.07, 6.45) is 0. The second-order valence-corrected chi connectivity index (χ2v) is 2.66. The zero-order valence-corrected chi connectivity index (χ0v) is 7.39. The van der Waals surface area contributed by atoms with E-state index in [4.69, 9.17) is 0 Å². The third kappa shape index (κ3) is 2.27. The first-order valence-electron chi connectivity index (χ1n) is 4.06. The fourth-order valence-corrected chi connectivity index (χ4v) is 1.01. The van der Waals surface area contributed by atoms with Gasteiger partial charge in [-0.2, -0.15) is 4.39 Å². The molecule has 1 N–H and O–H groups in total. The van der Waals surface area contributed by atoms with Crippen molar-refractivity contribution in [3.05, 3.63) is 29.3 Å². The molecule has 0 fully saturated rings. The molecular formula is C9H13FN2. The minimum absolute atomic E-state index is 0.409. The lowest BCUT2D eigenvalue weighted by molar-refractivity contribution is 0.576. The smallest absolute Gasteiger partial charge is 0.213 e. The predicted octanol–water partition coefficient (Wildman–Crippen LogP) is 1.64. The molecule has 0 spiro atoms. The molecule has 66 valence electrons. The Morgan fingerprint density at radius 2 is 2.25 bits per heavy atom. The highest BCUT2D eigenvalue weighted by Crippen LogP contribution is 2.05. The molecule has 0 aliphatic carbocycles. The summed E-state index contributed by atoms with van der Waals surface area (Å²) in [6, 6.07) is 3.15. The van der Waals surface area contributed by atoms with Crippen molar-refractivity contribution in [3.8, 4) is 0 Å². The Morgan fingerprint density at radius 1 is 1.50 bits per heavy atom. The average molecular weight is 168 g/mol. The Morgan fingerprint density at radius 3 is 2.83 bits per heavy atom. The van der Waals surface area contributed by atoms with Gasteiger partial charge in [0.2, 0.25) is 5.95 Å². The number of hydrogen-bond acceptors (Lipinski definition) is 2. The molecule has 0 radical (unpaired) electrons. The fourth-order valence-electron chi connectivity index (χ4n) is 1.01. The highest BCUT2D eigenvalue weighted by atomic mass is 19.1. The van der Waals surface area contributed by atoms with E-state index in [1.807, 2.05) is 13.8 Å². The first kappa shape index (κ1) is 9.13. The summed E-state index contributed by atoms with van der Waals surface area (Å²) in [5.41, 5.74) is 1.81. The minimum atomic E-state index is -0.409. The number of nitrogens with one attached hydrogen (secondary N) is 1. The topological polar surface area (TPSA) is 24.9 Å². The maximum Gasteiger partial charge on any atom is 0.213 e. The van der Waals surface area contributed by atoms with E-state index in [0.29, 0.717) is 0 Å². The van der Waals surface area contributed by atoms with Crippen LogP contribution in [0, 0.1) is 12.9 Å². The normalized spacial score (nSPS) is 10.2. The summed E-state index contributed by atoms with van der Waals surface area (Å²) >= 11 is 0. The predicted molar refractivity (Wildman–Crippen MR) is 46.3 cm³/mol. The van der Waals surface area contributed by atoms with Gasteiger partial charge in [0, 0.05) is 12.2 Å². The van der Waals surface area contributed by atoms with Gasteiger partial charge in [-0.3, -0.25) is 0 Å². The Hall–Kier alpha value is -0.960. The lowest BCUT2D eigenvalue weighted by Crippen LogP contribution is -2.13. The van der Waals surface area contributed by atoms with Gasteiger partial charge in [-0.25, -0.2) is 4.98 Å². The molecule has 0 aromatic carbocycles. The number of halogens is 1. The van der Waals surface area contributed by atoms with Gasteiger partial charge in [-0.15, -0.1) is 0 Å². The largest absolute Gasteiger partial charge is 0.313 e. The summed E-state index contributed by atoms with van der Waals surface area (Å²) in [5, 5.41) is 3.16. The van der Waals surface area contributed by atoms with Crippen LogP contribution in [-0.2, 0) is 6.54 Å². The summed E-state index contributed by atoms with van der Waals surface area (Å²) in [5.74, 6) is -0.409. The molecule has 0 aliphatic heterocycles. The van der Waals surface area contributed by atoms with E-state index in [1.54, 1.807) is 6.07 Å². The molecule has 12 heavy (non-hydrogen) atoms. The van der Waals surface area contributed by atoms with Crippen molar-refractivity contribution in [1.82, 2.24) is 10.3 Å². The zero-order chi connectivity index (χ0) is 8.97. The fraction of sp³-hybridized carbons (Fsp3) is 0.444. The molecule has 1 aromatic heterocycles. The minimum Gasteiger partial charge on any atom is -0.313 e. The van der Waals surface area contributed by atoms with Gasteiger partial charge in [0.25, 0.3) is 0 Å². The maximum absolute atomic E-state index is 12.5. The van der Waals surface area contributed by atoms with Crippen molar-refractivity contribution < 1.29 is 4.39 Å². The van der Waals surface area contributed by atoms with Crippen LogP contribution in [0.15, 0.2) is 12.1 Å². The number of aryl methyl sites for hydroxylation is 1. The molecule has 1 heterocycles. The monoisotopic (exact) mass is 168 g/mol.